The number of nitrogens with zero attached hydrogens (tertiary/aromatic N) is 2. The molecule has 1 heterocycles. The first-order valence-electron chi connectivity index (χ1n) is 10.4. The third-order valence-corrected chi connectivity index (χ3v) is 5.46. The monoisotopic (exact) mass is 385 g/mol. The minimum Gasteiger partial charge on any atom is -0.462 e. The number of carbonyl (C=O) groups is 2. The van der Waals surface area contributed by atoms with E-state index in [0.29, 0.717) is 30.9 Å². The summed E-state index contributed by atoms with van der Waals surface area (Å²) in [7, 11) is 0. The number of anilines is 1. The largest absolute Gasteiger partial charge is 0.462 e. The topological polar surface area (TPSA) is 61.9 Å². The lowest BCUT2D eigenvalue weighted by molar-refractivity contribution is 0.0527. The van der Waals surface area contributed by atoms with Crippen LogP contribution in [0.1, 0.15) is 49.4 Å². The van der Waals surface area contributed by atoms with Gasteiger partial charge >= 0.3 is 12.0 Å². The molecule has 1 aromatic rings. The molecule has 2 amide bonds. The van der Waals surface area contributed by atoms with E-state index in [4.69, 9.17) is 4.74 Å². The molecule has 0 saturated carbocycles. The average Bonchev–Trinajstić information content (AvgIpc) is 2.74. The average molecular weight is 386 g/mol. The van der Waals surface area contributed by atoms with E-state index < -0.39 is 5.97 Å². The molecule has 1 saturated heterocycles. The van der Waals surface area contributed by atoms with E-state index in [1.807, 2.05) is 4.90 Å². The lowest BCUT2D eigenvalue weighted by Gasteiger charge is -2.35. The van der Waals surface area contributed by atoms with Crippen LogP contribution < -0.4 is 5.32 Å². The van der Waals surface area contributed by atoms with Crippen molar-refractivity contribution < 1.29 is 14.3 Å². The normalized spacial score (nSPS) is 17.8. The molecule has 0 bridgehead atoms. The van der Waals surface area contributed by atoms with Crippen LogP contribution in [0.4, 0.5) is 10.5 Å². The van der Waals surface area contributed by atoms with E-state index in [1.54, 1.807) is 36.8 Å². The number of ether oxygens (including phenoxy) is 1. The van der Waals surface area contributed by atoms with E-state index in [9.17, 15) is 9.59 Å². The maximum Gasteiger partial charge on any atom is 0.340 e. The third kappa shape index (κ3) is 5.58. The molecule has 0 atom stereocenters. The van der Waals surface area contributed by atoms with Gasteiger partial charge in [-0.15, -0.1) is 0 Å². The summed E-state index contributed by atoms with van der Waals surface area (Å²) >= 11 is 0. The van der Waals surface area contributed by atoms with E-state index in [2.05, 4.69) is 16.3 Å². The molecule has 1 aromatic carbocycles. The van der Waals surface area contributed by atoms with Crippen LogP contribution in [0, 0.1) is 0 Å². The Bertz CT molecular complexity index is 709. The van der Waals surface area contributed by atoms with Crippen molar-refractivity contribution in [1.29, 1.82) is 0 Å². The Morgan fingerprint density at radius 2 is 1.89 bits per heavy atom. The van der Waals surface area contributed by atoms with Gasteiger partial charge in [0.25, 0.3) is 0 Å². The second-order valence-corrected chi connectivity index (χ2v) is 7.38. The minimum atomic E-state index is -0.416. The van der Waals surface area contributed by atoms with Crippen LogP contribution in [0.15, 0.2) is 35.9 Å². The van der Waals surface area contributed by atoms with Gasteiger partial charge in [0.2, 0.25) is 0 Å². The fraction of sp³-hybridized carbons (Fsp3) is 0.545. The van der Waals surface area contributed by atoms with Crippen LogP contribution in [0.25, 0.3) is 0 Å². The Morgan fingerprint density at radius 1 is 1.11 bits per heavy atom. The molecule has 1 aliphatic heterocycles. The fourth-order valence-corrected chi connectivity index (χ4v) is 3.78. The van der Waals surface area contributed by atoms with Crippen LogP contribution in [0.2, 0.25) is 0 Å². The van der Waals surface area contributed by atoms with Gasteiger partial charge < -0.3 is 15.0 Å². The number of esters is 1. The van der Waals surface area contributed by atoms with E-state index in [-0.39, 0.29) is 6.03 Å². The van der Waals surface area contributed by atoms with Crippen molar-refractivity contribution >= 4 is 17.7 Å². The van der Waals surface area contributed by atoms with Crippen molar-refractivity contribution in [2.75, 3.05) is 44.6 Å². The molecule has 2 aliphatic rings. The standard InChI is InChI=1S/C22H31N3O3/c1-2-28-21(26)19-10-6-7-11-20(19)23-22(27)25-16-14-24(15-17-25)13-12-18-8-4-3-5-9-18/h6-8,10-11H,2-5,9,12-17H2,1H3,(H,23,27). The number of amides is 2. The predicted octanol–water partition coefficient (Wildman–Crippen LogP) is 3.90. The van der Waals surface area contributed by atoms with Gasteiger partial charge in [-0.25, -0.2) is 9.59 Å². The molecule has 1 fully saturated rings. The van der Waals surface area contributed by atoms with Gasteiger partial charge in [-0.05, 0) is 51.2 Å². The summed E-state index contributed by atoms with van der Waals surface area (Å²) in [6.45, 7) is 6.33. The molecule has 0 radical (unpaired) electrons. The SMILES string of the molecule is CCOC(=O)c1ccccc1NC(=O)N1CCN(CCC2=CCCCC2)CC1. The predicted molar refractivity (Wildman–Crippen MR) is 111 cm³/mol. The number of para-hydroxylation sites is 1. The van der Waals surface area contributed by atoms with Gasteiger partial charge in [-0.3, -0.25) is 4.90 Å². The number of nitrogens with one attached hydrogen (secondary N) is 1. The lowest BCUT2D eigenvalue weighted by Crippen LogP contribution is -2.50. The van der Waals surface area contributed by atoms with Crippen molar-refractivity contribution in [3.05, 3.63) is 41.5 Å². The van der Waals surface area contributed by atoms with Gasteiger partial charge in [-0.1, -0.05) is 23.8 Å². The molecule has 28 heavy (non-hydrogen) atoms. The number of allylic oxidation sites excluding steroid dienone is 1. The number of urea groups is 1. The molecule has 1 N–H and O–H groups in total. The Morgan fingerprint density at radius 3 is 2.61 bits per heavy atom. The van der Waals surface area contributed by atoms with Crippen LogP contribution in [0.5, 0.6) is 0 Å². The number of benzene rings is 1. The quantitative estimate of drug-likeness (QED) is 0.596. The number of carbonyl (C=O) groups excluding carboxylic acids is 2. The van der Waals surface area contributed by atoms with E-state index in [0.717, 1.165) is 26.1 Å². The number of rotatable bonds is 6. The van der Waals surface area contributed by atoms with Crippen molar-refractivity contribution in [3.8, 4) is 0 Å². The number of hydrogen-bond donors (Lipinski definition) is 1. The Labute approximate surface area is 167 Å². The summed E-state index contributed by atoms with van der Waals surface area (Å²) in [6, 6.07) is 6.81. The maximum absolute atomic E-state index is 12.6. The molecule has 0 aromatic heterocycles. The summed E-state index contributed by atoms with van der Waals surface area (Å²) in [6.07, 6.45) is 8.70. The van der Waals surface area contributed by atoms with Gasteiger partial charge in [-0.2, -0.15) is 0 Å². The molecule has 0 spiro atoms. The van der Waals surface area contributed by atoms with Crippen molar-refractivity contribution in [1.82, 2.24) is 9.80 Å². The molecule has 152 valence electrons. The van der Waals surface area contributed by atoms with E-state index in [1.165, 1.54) is 25.7 Å². The fourth-order valence-electron chi connectivity index (χ4n) is 3.78. The highest BCUT2D eigenvalue weighted by Crippen LogP contribution is 2.21. The highest BCUT2D eigenvalue weighted by atomic mass is 16.5. The van der Waals surface area contributed by atoms with Gasteiger partial charge in [0.15, 0.2) is 0 Å². The smallest absolute Gasteiger partial charge is 0.340 e. The van der Waals surface area contributed by atoms with Crippen LogP contribution in [-0.2, 0) is 4.74 Å². The zero-order valence-electron chi connectivity index (χ0n) is 16.8. The summed E-state index contributed by atoms with van der Waals surface area (Å²) in [4.78, 5) is 29.0. The number of piperazine rings is 1. The van der Waals surface area contributed by atoms with Crippen molar-refractivity contribution in [2.24, 2.45) is 0 Å². The molecular formula is C22H31N3O3. The van der Waals surface area contributed by atoms with Gasteiger partial charge in [0.1, 0.15) is 0 Å². The first-order chi connectivity index (χ1) is 13.7. The maximum atomic E-state index is 12.6. The summed E-state index contributed by atoms with van der Waals surface area (Å²) in [5, 5.41) is 2.88. The van der Waals surface area contributed by atoms with Crippen molar-refractivity contribution in [2.45, 2.75) is 39.0 Å². The molecular weight excluding hydrogens is 354 g/mol. The molecule has 3 rings (SSSR count). The highest BCUT2D eigenvalue weighted by molar-refractivity contribution is 6.00. The van der Waals surface area contributed by atoms with Gasteiger partial charge in [0, 0.05) is 32.7 Å². The van der Waals surface area contributed by atoms with Crippen LogP contribution in [0.3, 0.4) is 0 Å². The molecule has 6 nitrogen and oxygen atoms in total. The second-order valence-electron chi connectivity index (χ2n) is 7.38. The second kappa shape index (κ2) is 10.3. The van der Waals surface area contributed by atoms with Crippen LogP contribution in [-0.4, -0.2) is 61.1 Å². The van der Waals surface area contributed by atoms with E-state index >= 15 is 0 Å². The Kier molecular flexibility index (Phi) is 7.48. The molecule has 1 aliphatic carbocycles. The first kappa shape index (κ1) is 20.4. The molecule has 6 heteroatoms. The number of hydrogen-bond acceptors (Lipinski definition) is 4. The summed E-state index contributed by atoms with van der Waals surface area (Å²) in [5.74, 6) is -0.416. The summed E-state index contributed by atoms with van der Waals surface area (Å²) in [5.41, 5.74) is 2.48. The first-order valence-corrected chi connectivity index (χ1v) is 10.4. The Balaban J connectivity index is 1.48. The molecule has 0 unspecified atom stereocenters. The Hall–Kier alpha value is -2.34. The van der Waals surface area contributed by atoms with Crippen LogP contribution >= 0.6 is 0 Å². The van der Waals surface area contributed by atoms with Gasteiger partial charge in [0.05, 0.1) is 17.9 Å². The van der Waals surface area contributed by atoms with Crippen molar-refractivity contribution in [3.63, 3.8) is 0 Å². The summed E-state index contributed by atoms with van der Waals surface area (Å²) < 4.78 is 5.07. The zero-order valence-corrected chi connectivity index (χ0v) is 16.8. The minimum absolute atomic E-state index is 0.161. The zero-order chi connectivity index (χ0) is 19.8. The highest BCUT2D eigenvalue weighted by Gasteiger charge is 2.22. The lowest BCUT2D eigenvalue weighted by atomic mass is 9.97. The third-order valence-electron chi connectivity index (χ3n) is 5.46.